The fraction of sp³-hybridized carbons (Fsp3) is 0.333. The van der Waals surface area contributed by atoms with Gasteiger partial charge in [0, 0.05) is 18.8 Å². The van der Waals surface area contributed by atoms with Gasteiger partial charge in [-0.1, -0.05) is 38.1 Å². The molecule has 0 aliphatic carbocycles. The van der Waals surface area contributed by atoms with Crippen molar-refractivity contribution in [1.82, 2.24) is 4.90 Å². The number of carbonyl (C=O) groups excluding carboxylic acids is 2. The lowest BCUT2D eigenvalue weighted by Gasteiger charge is -2.16. The zero-order valence-electron chi connectivity index (χ0n) is 18.1. The third kappa shape index (κ3) is 6.65. The number of nitrogens with one attached hydrogen (secondary N) is 1. The molecule has 0 saturated carbocycles. The minimum absolute atomic E-state index is 0.0334. The van der Waals surface area contributed by atoms with E-state index in [2.05, 4.69) is 5.32 Å². The van der Waals surface area contributed by atoms with Crippen LogP contribution in [-0.2, 0) is 16.0 Å². The van der Waals surface area contributed by atoms with E-state index in [9.17, 15) is 9.59 Å². The predicted octanol–water partition coefficient (Wildman–Crippen LogP) is 4.16. The number of amides is 2. The number of methoxy groups -OCH3 is 1. The Labute approximate surface area is 178 Å². The number of hydrogen-bond donors (Lipinski definition) is 1. The number of anilines is 1. The molecular formula is C24H30N2O4. The SMILES string of the molecule is CCCOc1ccc(C=CC(=O)N(C)CC(=O)Nc2ccccc2CC)cc1OC. The molecule has 0 bridgehead atoms. The topological polar surface area (TPSA) is 67.9 Å². The molecule has 160 valence electrons. The van der Waals surface area contributed by atoms with E-state index in [4.69, 9.17) is 9.47 Å². The Morgan fingerprint density at radius 3 is 2.57 bits per heavy atom. The summed E-state index contributed by atoms with van der Waals surface area (Å²) in [5.41, 5.74) is 2.64. The minimum atomic E-state index is -0.265. The molecule has 0 aliphatic rings. The molecule has 30 heavy (non-hydrogen) atoms. The molecule has 0 spiro atoms. The largest absolute Gasteiger partial charge is 0.493 e. The van der Waals surface area contributed by atoms with Crippen LogP contribution in [0.2, 0.25) is 0 Å². The van der Waals surface area contributed by atoms with Gasteiger partial charge in [0.1, 0.15) is 0 Å². The zero-order valence-corrected chi connectivity index (χ0v) is 18.1. The number of rotatable bonds is 10. The molecule has 0 saturated heterocycles. The second-order valence-corrected chi connectivity index (χ2v) is 6.85. The first-order chi connectivity index (χ1) is 14.5. The van der Waals surface area contributed by atoms with Crippen LogP contribution in [0.25, 0.3) is 6.08 Å². The van der Waals surface area contributed by atoms with Gasteiger partial charge in [0.2, 0.25) is 11.8 Å². The zero-order chi connectivity index (χ0) is 21.9. The lowest BCUT2D eigenvalue weighted by atomic mass is 10.1. The summed E-state index contributed by atoms with van der Waals surface area (Å²) in [6, 6.07) is 13.1. The van der Waals surface area contributed by atoms with Gasteiger partial charge in [-0.3, -0.25) is 9.59 Å². The summed E-state index contributed by atoms with van der Waals surface area (Å²) in [6.07, 6.45) is 4.85. The van der Waals surface area contributed by atoms with Crippen LogP contribution in [0.15, 0.2) is 48.5 Å². The molecular weight excluding hydrogens is 380 g/mol. The van der Waals surface area contributed by atoms with Crippen LogP contribution in [0.3, 0.4) is 0 Å². The molecule has 2 aromatic rings. The first-order valence-corrected chi connectivity index (χ1v) is 10.1. The maximum absolute atomic E-state index is 12.4. The molecule has 0 unspecified atom stereocenters. The molecule has 0 aromatic heterocycles. The Bertz CT molecular complexity index is 893. The number of nitrogens with zero attached hydrogens (tertiary/aromatic N) is 1. The van der Waals surface area contributed by atoms with Gasteiger partial charge in [0.05, 0.1) is 20.3 Å². The molecule has 0 heterocycles. The van der Waals surface area contributed by atoms with Gasteiger partial charge in [-0.2, -0.15) is 0 Å². The van der Waals surface area contributed by atoms with E-state index >= 15 is 0 Å². The highest BCUT2D eigenvalue weighted by Gasteiger charge is 2.12. The van der Waals surface area contributed by atoms with Gasteiger partial charge in [-0.05, 0) is 48.2 Å². The molecule has 6 nitrogen and oxygen atoms in total. The van der Waals surface area contributed by atoms with Crippen molar-refractivity contribution in [1.29, 1.82) is 0 Å². The Hall–Kier alpha value is -3.28. The van der Waals surface area contributed by atoms with Crippen LogP contribution in [0.4, 0.5) is 5.69 Å². The molecule has 2 rings (SSSR count). The summed E-state index contributed by atoms with van der Waals surface area (Å²) in [7, 11) is 3.18. The number of para-hydroxylation sites is 1. The molecule has 0 fully saturated rings. The highest BCUT2D eigenvalue weighted by molar-refractivity contribution is 5.98. The van der Waals surface area contributed by atoms with Crippen molar-refractivity contribution in [3.05, 3.63) is 59.7 Å². The summed E-state index contributed by atoms with van der Waals surface area (Å²) in [4.78, 5) is 26.1. The molecule has 0 atom stereocenters. The Morgan fingerprint density at radius 2 is 1.87 bits per heavy atom. The van der Waals surface area contributed by atoms with E-state index in [1.165, 1.54) is 11.0 Å². The third-order valence-corrected chi connectivity index (χ3v) is 4.50. The van der Waals surface area contributed by atoms with E-state index in [1.54, 1.807) is 20.2 Å². The maximum atomic E-state index is 12.4. The maximum Gasteiger partial charge on any atom is 0.246 e. The van der Waals surface area contributed by atoms with Gasteiger partial charge in [-0.15, -0.1) is 0 Å². The van der Waals surface area contributed by atoms with Crippen LogP contribution < -0.4 is 14.8 Å². The van der Waals surface area contributed by atoms with Crippen molar-refractivity contribution < 1.29 is 19.1 Å². The van der Waals surface area contributed by atoms with Crippen molar-refractivity contribution in [3.63, 3.8) is 0 Å². The van der Waals surface area contributed by atoms with Crippen LogP contribution in [-0.4, -0.2) is 44.0 Å². The van der Waals surface area contributed by atoms with Crippen molar-refractivity contribution in [2.24, 2.45) is 0 Å². The smallest absolute Gasteiger partial charge is 0.246 e. The average molecular weight is 411 g/mol. The normalized spacial score (nSPS) is 10.7. The number of benzene rings is 2. The first kappa shape index (κ1) is 23.0. The molecule has 0 aliphatic heterocycles. The summed E-state index contributed by atoms with van der Waals surface area (Å²) >= 11 is 0. The van der Waals surface area contributed by atoms with E-state index in [0.29, 0.717) is 18.1 Å². The minimum Gasteiger partial charge on any atom is -0.493 e. The monoisotopic (exact) mass is 410 g/mol. The van der Waals surface area contributed by atoms with Crippen molar-refractivity contribution in [2.45, 2.75) is 26.7 Å². The molecule has 0 radical (unpaired) electrons. The molecule has 2 aromatic carbocycles. The number of hydrogen-bond acceptors (Lipinski definition) is 4. The standard InChI is InChI=1S/C24H30N2O4/c1-5-15-30-21-13-11-18(16-22(21)29-4)12-14-24(28)26(3)17-23(27)25-20-10-8-7-9-19(20)6-2/h7-14,16H,5-6,15,17H2,1-4H3,(H,25,27). The highest BCUT2D eigenvalue weighted by atomic mass is 16.5. The van der Waals surface area contributed by atoms with Gasteiger partial charge < -0.3 is 19.7 Å². The van der Waals surface area contributed by atoms with Gasteiger partial charge in [0.25, 0.3) is 0 Å². The van der Waals surface area contributed by atoms with Crippen LogP contribution in [0.1, 0.15) is 31.4 Å². The average Bonchev–Trinajstić information content (AvgIpc) is 2.76. The van der Waals surface area contributed by atoms with Gasteiger partial charge in [-0.25, -0.2) is 0 Å². The van der Waals surface area contributed by atoms with Crippen LogP contribution in [0.5, 0.6) is 11.5 Å². The summed E-state index contributed by atoms with van der Waals surface area (Å²) in [5.74, 6) is 0.780. The van der Waals surface area contributed by atoms with E-state index in [-0.39, 0.29) is 18.4 Å². The predicted molar refractivity (Wildman–Crippen MR) is 120 cm³/mol. The number of ether oxygens (including phenoxy) is 2. The van der Waals surface area contributed by atoms with Crippen LogP contribution in [0, 0.1) is 0 Å². The number of aryl methyl sites for hydroxylation is 1. The molecule has 1 N–H and O–H groups in total. The van der Waals surface area contributed by atoms with Gasteiger partial charge in [0.15, 0.2) is 11.5 Å². The quantitative estimate of drug-likeness (QED) is 0.598. The highest BCUT2D eigenvalue weighted by Crippen LogP contribution is 2.28. The van der Waals surface area contributed by atoms with Crippen molar-refractivity contribution >= 4 is 23.6 Å². The van der Waals surface area contributed by atoms with E-state index in [1.807, 2.05) is 56.3 Å². The van der Waals surface area contributed by atoms with Crippen molar-refractivity contribution in [3.8, 4) is 11.5 Å². The summed E-state index contributed by atoms with van der Waals surface area (Å²) < 4.78 is 11.0. The summed E-state index contributed by atoms with van der Waals surface area (Å²) in [6.45, 7) is 4.64. The second-order valence-electron chi connectivity index (χ2n) is 6.85. The van der Waals surface area contributed by atoms with Gasteiger partial charge >= 0.3 is 0 Å². The Balaban J connectivity index is 1.96. The van der Waals surface area contributed by atoms with Crippen LogP contribution >= 0.6 is 0 Å². The number of carbonyl (C=O) groups is 2. The number of likely N-dealkylation sites (N-methyl/N-ethyl adjacent to an activating group) is 1. The Kier molecular flexibility index (Phi) is 8.94. The van der Waals surface area contributed by atoms with E-state index in [0.717, 1.165) is 29.7 Å². The van der Waals surface area contributed by atoms with E-state index < -0.39 is 0 Å². The molecule has 6 heteroatoms. The Morgan fingerprint density at radius 1 is 1.10 bits per heavy atom. The first-order valence-electron chi connectivity index (χ1n) is 10.1. The fourth-order valence-electron chi connectivity index (χ4n) is 2.85. The second kappa shape index (κ2) is 11.7. The van der Waals surface area contributed by atoms with Crippen molar-refractivity contribution in [2.75, 3.05) is 32.6 Å². The summed E-state index contributed by atoms with van der Waals surface area (Å²) in [5, 5.41) is 2.87. The fourth-order valence-corrected chi connectivity index (χ4v) is 2.85. The lowest BCUT2D eigenvalue weighted by molar-refractivity contribution is -0.129. The molecule has 2 amide bonds. The third-order valence-electron chi connectivity index (χ3n) is 4.50. The lowest BCUT2D eigenvalue weighted by Crippen LogP contribution is -2.34.